The Morgan fingerprint density at radius 3 is 2.62 bits per heavy atom. The van der Waals surface area contributed by atoms with Gasteiger partial charge in [0.2, 0.25) is 0 Å². The minimum atomic E-state index is 0.443. The first-order valence-electron chi connectivity index (χ1n) is 5.46. The summed E-state index contributed by atoms with van der Waals surface area (Å²) in [6.07, 6.45) is 5.56. The molecule has 0 radical (unpaired) electrons. The van der Waals surface area contributed by atoms with Crippen molar-refractivity contribution in [2.24, 2.45) is 4.99 Å². The highest BCUT2D eigenvalue weighted by atomic mass is 16.2. The van der Waals surface area contributed by atoms with E-state index < -0.39 is 0 Å². The third-order valence-corrected chi connectivity index (χ3v) is 2.75. The molecule has 5 nitrogen and oxygen atoms in total. The Morgan fingerprint density at radius 2 is 2.31 bits per heavy atom. The van der Waals surface area contributed by atoms with Crippen LogP contribution in [-0.4, -0.2) is 36.5 Å². The zero-order chi connectivity index (χ0) is 12.4. The number of hydrogen-bond donors (Lipinski definition) is 0. The molecular weight excluding hydrogens is 204 g/mol. The topological polar surface area (TPSA) is 75.5 Å². The molecule has 16 heavy (non-hydrogen) atoms. The van der Waals surface area contributed by atoms with Crippen molar-refractivity contribution in [3.8, 4) is 6.19 Å². The smallest absolute Gasteiger partial charge is 0.313 e. The largest absolute Gasteiger partial charge is 0.422 e. The fraction of sp³-hybridized carbons (Fsp3) is 0.727. The van der Waals surface area contributed by atoms with Crippen LogP contribution in [0.15, 0.2) is 4.99 Å². The first kappa shape index (κ1) is 14.5. The number of carbonyl (C=O) groups is 1. The zero-order valence-electron chi connectivity index (χ0n) is 9.94. The molecule has 1 atom stereocenters. The number of unbranched alkanes of at least 4 members (excludes halogenated alkanes) is 1. The molecule has 0 N–H and O–H groups in total. The zero-order valence-corrected chi connectivity index (χ0v) is 9.94. The van der Waals surface area contributed by atoms with E-state index in [9.17, 15) is 4.79 Å². The molecule has 1 saturated heterocycles. The lowest BCUT2D eigenvalue weighted by Gasteiger charge is -2.25. The molecule has 5 heteroatoms. The molecule has 1 fully saturated rings. The first-order valence-corrected chi connectivity index (χ1v) is 5.46. The maximum atomic E-state index is 11.4. The van der Waals surface area contributed by atoms with Crippen molar-refractivity contribution in [3.05, 3.63) is 5.41 Å². The number of nitrogens with zero attached hydrogens (tertiary/aromatic N) is 4. The van der Waals surface area contributed by atoms with Crippen LogP contribution in [0, 0.1) is 11.5 Å². The summed E-state index contributed by atoms with van der Waals surface area (Å²) < 4.78 is 0.702. The molecule has 1 amide bonds. The van der Waals surface area contributed by atoms with Crippen molar-refractivity contribution in [2.75, 3.05) is 20.1 Å². The normalized spacial score (nSPS) is 22.7. The molecule has 1 unspecified atom stereocenters. The molecule has 1 rings (SSSR count). The van der Waals surface area contributed by atoms with E-state index in [0.29, 0.717) is 10.4 Å². The van der Waals surface area contributed by atoms with E-state index in [1.165, 1.54) is 25.0 Å². The second-order valence-corrected chi connectivity index (χ2v) is 4.01. The van der Waals surface area contributed by atoms with Gasteiger partial charge in [0, 0.05) is 6.42 Å². The van der Waals surface area contributed by atoms with Crippen molar-refractivity contribution in [2.45, 2.75) is 32.6 Å². The lowest BCUT2D eigenvalue weighted by atomic mass is 10.3. The monoisotopic (exact) mass is 222 g/mol. The molecule has 0 saturated carbocycles. The molecule has 0 aromatic rings. The van der Waals surface area contributed by atoms with Crippen LogP contribution >= 0.6 is 0 Å². The van der Waals surface area contributed by atoms with Gasteiger partial charge in [0.1, 0.15) is 0 Å². The number of hydrogen-bond acceptors (Lipinski definition) is 3. The summed E-state index contributed by atoms with van der Waals surface area (Å²) in [7, 11) is 2.07. The summed E-state index contributed by atoms with van der Waals surface area (Å²) >= 11 is 0. The van der Waals surface area contributed by atoms with E-state index in [2.05, 4.69) is 19.0 Å². The standard InChI is InChI=1S/C9H18NO.C2N3/c1-3-4-7-10(2)8-5-6-9(10)11;3-1-5-2-4/h3-8H2,1-2H3;/q+1;-1. The fourth-order valence-electron chi connectivity index (χ4n) is 1.74. The molecule has 0 aliphatic carbocycles. The van der Waals surface area contributed by atoms with Crippen molar-refractivity contribution < 1.29 is 9.28 Å². The van der Waals surface area contributed by atoms with E-state index in [1.807, 2.05) is 0 Å². The maximum Gasteiger partial charge on any atom is 0.313 e. The molecule has 0 bridgehead atoms. The van der Waals surface area contributed by atoms with Crippen LogP contribution < -0.4 is 0 Å². The van der Waals surface area contributed by atoms with E-state index in [1.54, 1.807) is 0 Å². The summed E-state index contributed by atoms with van der Waals surface area (Å²) in [5.41, 5.74) is 0. The molecule has 1 heterocycles. The van der Waals surface area contributed by atoms with E-state index in [4.69, 9.17) is 10.7 Å². The minimum Gasteiger partial charge on any atom is -0.422 e. The number of likely N-dealkylation sites (tertiary alicyclic amines) is 1. The highest BCUT2D eigenvalue weighted by Crippen LogP contribution is 2.18. The Labute approximate surface area is 96.5 Å². The van der Waals surface area contributed by atoms with Crippen LogP contribution in [0.3, 0.4) is 0 Å². The second-order valence-electron chi connectivity index (χ2n) is 4.01. The van der Waals surface area contributed by atoms with E-state index in [0.717, 1.165) is 25.9 Å². The average molecular weight is 222 g/mol. The molecule has 88 valence electrons. The number of carbonyl (C=O) groups excluding carboxylic acids is 1. The summed E-state index contributed by atoms with van der Waals surface area (Å²) in [4.78, 5) is 14.0. The Kier molecular flexibility index (Phi) is 7.02. The lowest BCUT2D eigenvalue weighted by molar-refractivity contribution is -0.826. The predicted octanol–water partition coefficient (Wildman–Crippen LogP) is 1.76. The van der Waals surface area contributed by atoms with Gasteiger partial charge in [0.05, 0.1) is 32.8 Å². The van der Waals surface area contributed by atoms with Crippen LogP contribution in [-0.2, 0) is 4.79 Å². The van der Waals surface area contributed by atoms with Crippen LogP contribution in [0.2, 0.25) is 0 Å². The van der Waals surface area contributed by atoms with Crippen LogP contribution in [0.1, 0.15) is 32.6 Å². The number of nitriles is 1. The van der Waals surface area contributed by atoms with Gasteiger partial charge in [0.25, 0.3) is 0 Å². The molecule has 1 aliphatic heterocycles. The van der Waals surface area contributed by atoms with Gasteiger partial charge in [-0.15, -0.1) is 6.01 Å². The number of amides is 1. The number of quaternary nitrogens is 1. The SMILES string of the molecule is CCCC[N+]1(C)CCCC1=O.N#CN=C=[N-]. The Bertz CT molecular complexity index is 314. The van der Waals surface area contributed by atoms with Crippen molar-refractivity contribution in [1.29, 1.82) is 5.26 Å². The third-order valence-electron chi connectivity index (χ3n) is 2.75. The Hall–Kier alpha value is -1.50. The summed E-state index contributed by atoms with van der Waals surface area (Å²) in [6.45, 7) is 4.29. The molecular formula is C11H18N4O. The van der Waals surface area contributed by atoms with Gasteiger partial charge < -0.3 is 10.4 Å². The van der Waals surface area contributed by atoms with Gasteiger partial charge in [-0.1, -0.05) is 13.3 Å². The maximum absolute atomic E-state index is 11.4. The van der Waals surface area contributed by atoms with Gasteiger partial charge in [-0.05, 0) is 6.42 Å². The van der Waals surface area contributed by atoms with Crippen LogP contribution in [0.4, 0.5) is 0 Å². The highest BCUT2D eigenvalue weighted by molar-refractivity contribution is 5.70. The predicted molar refractivity (Wildman–Crippen MR) is 61.5 cm³/mol. The van der Waals surface area contributed by atoms with E-state index in [-0.39, 0.29) is 0 Å². The molecule has 0 aromatic heterocycles. The minimum absolute atomic E-state index is 0.443. The first-order chi connectivity index (χ1) is 7.60. The van der Waals surface area contributed by atoms with Gasteiger partial charge >= 0.3 is 5.91 Å². The van der Waals surface area contributed by atoms with Crippen LogP contribution in [0.5, 0.6) is 0 Å². The third kappa shape index (κ3) is 4.83. The molecule has 1 aliphatic rings. The summed E-state index contributed by atoms with van der Waals surface area (Å²) in [5, 5.41) is 14.9. The Balaban J connectivity index is 0.000000385. The summed E-state index contributed by atoms with van der Waals surface area (Å²) in [5.74, 6) is 0.443. The lowest BCUT2D eigenvalue weighted by Crippen LogP contribution is -2.45. The van der Waals surface area contributed by atoms with Gasteiger partial charge in [-0.25, -0.2) is 4.79 Å². The Morgan fingerprint density at radius 1 is 1.62 bits per heavy atom. The fourth-order valence-corrected chi connectivity index (χ4v) is 1.74. The number of rotatable bonds is 3. The molecule has 0 spiro atoms. The van der Waals surface area contributed by atoms with Gasteiger partial charge in [-0.3, -0.25) is 4.48 Å². The second kappa shape index (κ2) is 7.75. The average Bonchev–Trinajstić information content (AvgIpc) is 2.59. The number of aliphatic imine (C=N–C) groups is 1. The quantitative estimate of drug-likeness (QED) is 0.414. The van der Waals surface area contributed by atoms with Gasteiger partial charge in [-0.2, -0.15) is 5.26 Å². The highest BCUT2D eigenvalue weighted by Gasteiger charge is 2.35. The van der Waals surface area contributed by atoms with Crippen molar-refractivity contribution in [3.63, 3.8) is 0 Å². The van der Waals surface area contributed by atoms with Crippen molar-refractivity contribution in [1.82, 2.24) is 0 Å². The molecule has 0 aromatic carbocycles. The van der Waals surface area contributed by atoms with Gasteiger partial charge in [0.15, 0.2) is 0 Å². The van der Waals surface area contributed by atoms with Crippen molar-refractivity contribution >= 4 is 11.9 Å². The van der Waals surface area contributed by atoms with E-state index >= 15 is 0 Å². The van der Waals surface area contributed by atoms with Crippen LogP contribution in [0.25, 0.3) is 5.41 Å². The summed E-state index contributed by atoms with van der Waals surface area (Å²) in [6, 6.07) is 1.28.